The maximum absolute atomic E-state index is 14.3. The molecule has 0 aliphatic carbocycles. The third-order valence-corrected chi connectivity index (χ3v) is 9.54. The van der Waals surface area contributed by atoms with Crippen molar-refractivity contribution in [2.75, 3.05) is 18.0 Å². The molecule has 0 aliphatic rings. The number of halogens is 3. The highest BCUT2D eigenvalue weighted by Gasteiger charge is 2.36. The summed E-state index contributed by atoms with van der Waals surface area (Å²) in [5, 5.41) is 15.1. The van der Waals surface area contributed by atoms with E-state index in [0.29, 0.717) is 10.6 Å². The van der Waals surface area contributed by atoms with E-state index >= 15 is 0 Å². The van der Waals surface area contributed by atoms with Gasteiger partial charge in [-0.15, -0.1) is 0 Å². The van der Waals surface area contributed by atoms with Crippen molar-refractivity contribution < 1.29 is 27.7 Å². The van der Waals surface area contributed by atoms with E-state index in [9.17, 15) is 28.1 Å². The van der Waals surface area contributed by atoms with E-state index in [-0.39, 0.29) is 46.1 Å². The molecule has 0 saturated carbocycles. The van der Waals surface area contributed by atoms with Crippen molar-refractivity contribution in [2.24, 2.45) is 0 Å². The summed E-state index contributed by atoms with van der Waals surface area (Å²) in [5.74, 6) is -1.12. The Morgan fingerprint density at radius 2 is 1.71 bits per heavy atom. The maximum atomic E-state index is 14.3. The number of aryl methyl sites for hydroxylation is 1. The number of carbonyl (C=O) groups excluding carboxylic acids is 2. The number of methoxy groups -OCH3 is 1. The van der Waals surface area contributed by atoms with Crippen LogP contribution in [-0.2, 0) is 26.2 Å². The molecule has 0 unspecified atom stereocenters. The highest BCUT2D eigenvalue weighted by Crippen LogP contribution is 2.36. The van der Waals surface area contributed by atoms with Gasteiger partial charge in [-0.05, 0) is 69.2 Å². The molecule has 0 heterocycles. The number of hydrogen-bond acceptors (Lipinski definition) is 7. The van der Waals surface area contributed by atoms with E-state index < -0.39 is 49.9 Å². The SMILES string of the molecule is CC[C@@H](C(=O)NC(C)C)N(Cc1ccc(Cl)c(Cl)c1)C(=O)CN(c1cc(Cl)ccc1OC)S(=O)(=O)c1ccc(C)c([N+](=O)[O-])c1. The Morgan fingerprint density at radius 3 is 2.29 bits per heavy atom. The number of nitrogens with zero attached hydrogens (tertiary/aromatic N) is 3. The lowest BCUT2D eigenvalue weighted by Crippen LogP contribution is -2.53. The van der Waals surface area contributed by atoms with Gasteiger partial charge >= 0.3 is 0 Å². The van der Waals surface area contributed by atoms with Crippen LogP contribution < -0.4 is 14.4 Å². The van der Waals surface area contributed by atoms with Crippen molar-refractivity contribution in [1.29, 1.82) is 0 Å². The largest absolute Gasteiger partial charge is 0.495 e. The summed E-state index contributed by atoms with van der Waals surface area (Å²) >= 11 is 18.6. The lowest BCUT2D eigenvalue weighted by molar-refractivity contribution is -0.385. The Kier molecular flexibility index (Phi) is 12.1. The fourth-order valence-corrected chi connectivity index (χ4v) is 6.50. The molecule has 0 fully saturated rings. The van der Waals surface area contributed by atoms with E-state index in [1.54, 1.807) is 39.0 Å². The summed E-state index contributed by atoms with van der Waals surface area (Å²) in [7, 11) is -3.34. The topological polar surface area (TPSA) is 139 Å². The zero-order valence-electron chi connectivity index (χ0n) is 25.2. The van der Waals surface area contributed by atoms with E-state index in [2.05, 4.69) is 5.32 Å². The minimum Gasteiger partial charge on any atom is -0.495 e. The van der Waals surface area contributed by atoms with Crippen LogP contribution in [0, 0.1) is 17.0 Å². The molecule has 0 radical (unpaired) electrons. The highest BCUT2D eigenvalue weighted by atomic mass is 35.5. The van der Waals surface area contributed by atoms with Crippen LogP contribution in [0.4, 0.5) is 11.4 Å². The molecule has 3 aromatic carbocycles. The van der Waals surface area contributed by atoms with Gasteiger partial charge in [-0.3, -0.25) is 24.0 Å². The van der Waals surface area contributed by atoms with Crippen LogP contribution in [0.1, 0.15) is 38.3 Å². The van der Waals surface area contributed by atoms with Crippen molar-refractivity contribution in [2.45, 2.75) is 57.6 Å². The summed E-state index contributed by atoms with van der Waals surface area (Å²) in [6.07, 6.45) is 0.197. The molecule has 45 heavy (non-hydrogen) atoms. The number of rotatable bonds is 13. The lowest BCUT2D eigenvalue weighted by atomic mass is 10.1. The molecular formula is C30H33Cl3N4O7S. The molecule has 0 aliphatic heterocycles. The van der Waals surface area contributed by atoms with Gasteiger partial charge in [0.1, 0.15) is 18.3 Å². The average molecular weight is 700 g/mol. The molecule has 0 saturated heterocycles. The van der Waals surface area contributed by atoms with E-state index in [1.165, 1.54) is 49.3 Å². The Hall–Kier alpha value is -3.58. The molecule has 0 aromatic heterocycles. The first-order valence-electron chi connectivity index (χ1n) is 13.8. The van der Waals surface area contributed by atoms with E-state index in [1.807, 2.05) is 0 Å². The molecule has 3 aromatic rings. The second-order valence-electron chi connectivity index (χ2n) is 10.4. The number of carbonyl (C=O) groups is 2. The van der Waals surface area contributed by atoms with Crippen LogP contribution in [0.3, 0.4) is 0 Å². The van der Waals surface area contributed by atoms with E-state index in [0.717, 1.165) is 10.4 Å². The van der Waals surface area contributed by atoms with Crippen LogP contribution in [0.15, 0.2) is 59.5 Å². The molecule has 242 valence electrons. The molecule has 1 atom stereocenters. The van der Waals surface area contributed by atoms with Crippen LogP contribution in [-0.4, -0.2) is 55.8 Å². The van der Waals surface area contributed by atoms with Crippen molar-refractivity contribution >= 4 is 68.0 Å². The van der Waals surface area contributed by atoms with Crippen molar-refractivity contribution in [1.82, 2.24) is 10.2 Å². The van der Waals surface area contributed by atoms with Crippen LogP contribution >= 0.6 is 34.8 Å². The number of nitro benzene ring substituents is 1. The summed E-state index contributed by atoms with van der Waals surface area (Å²) in [6, 6.07) is 11.2. The van der Waals surface area contributed by atoms with Crippen LogP contribution in [0.2, 0.25) is 15.1 Å². The number of anilines is 1. The van der Waals surface area contributed by atoms with Crippen molar-refractivity contribution in [3.63, 3.8) is 0 Å². The standard InChI is InChI=1S/C30H33Cl3N4O7S/c1-6-25(30(39)34-18(2)3)35(16-20-8-11-23(32)24(33)13-20)29(38)17-36(27-14-21(31)9-12-28(27)44-5)45(42,43)22-10-7-19(4)26(15-22)37(40)41/h7-15,18,25H,6,16-17H2,1-5H3,(H,34,39)/t25-/m0/s1. The van der Waals surface area contributed by atoms with Crippen LogP contribution in [0.25, 0.3) is 0 Å². The van der Waals surface area contributed by atoms with Gasteiger partial charge in [-0.25, -0.2) is 8.42 Å². The van der Waals surface area contributed by atoms with Crippen molar-refractivity contribution in [3.8, 4) is 5.75 Å². The number of benzene rings is 3. The minimum atomic E-state index is -4.66. The quantitative estimate of drug-likeness (QED) is 0.161. The first-order chi connectivity index (χ1) is 21.1. The predicted molar refractivity (Wildman–Crippen MR) is 175 cm³/mol. The molecule has 15 heteroatoms. The number of nitrogens with one attached hydrogen (secondary N) is 1. The van der Waals surface area contributed by atoms with Gasteiger partial charge in [0, 0.05) is 29.2 Å². The fourth-order valence-electron chi connectivity index (χ4n) is 4.58. The third-order valence-electron chi connectivity index (χ3n) is 6.81. The Labute approximate surface area is 277 Å². The van der Waals surface area contributed by atoms with Gasteiger partial charge in [0.25, 0.3) is 15.7 Å². The zero-order valence-corrected chi connectivity index (χ0v) is 28.3. The highest BCUT2D eigenvalue weighted by molar-refractivity contribution is 7.92. The number of nitro groups is 1. The number of hydrogen-bond donors (Lipinski definition) is 1. The molecule has 0 bridgehead atoms. The first kappa shape index (κ1) is 35.9. The number of amides is 2. The third kappa shape index (κ3) is 8.57. The zero-order chi connectivity index (χ0) is 33.6. The number of sulfonamides is 1. The second kappa shape index (κ2) is 15.1. The predicted octanol–water partition coefficient (Wildman–Crippen LogP) is 6.40. The van der Waals surface area contributed by atoms with Gasteiger partial charge in [0.15, 0.2) is 0 Å². The summed E-state index contributed by atoms with van der Waals surface area (Å²) < 4.78 is 34.7. The van der Waals surface area contributed by atoms with Gasteiger partial charge in [-0.2, -0.15) is 0 Å². The summed E-state index contributed by atoms with van der Waals surface area (Å²) in [5.41, 5.74) is 0.280. The molecule has 0 spiro atoms. The lowest BCUT2D eigenvalue weighted by Gasteiger charge is -2.34. The molecular weight excluding hydrogens is 667 g/mol. The fraction of sp³-hybridized carbons (Fsp3) is 0.333. The summed E-state index contributed by atoms with van der Waals surface area (Å²) in [6.45, 7) is 5.82. The maximum Gasteiger partial charge on any atom is 0.273 e. The average Bonchev–Trinajstić information content (AvgIpc) is 2.96. The van der Waals surface area contributed by atoms with Crippen LogP contribution in [0.5, 0.6) is 5.75 Å². The van der Waals surface area contributed by atoms with Gasteiger partial charge < -0.3 is 15.0 Å². The summed E-state index contributed by atoms with van der Waals surface area (Å²) in [4.78, 5) is 39.4. The van der Waals surface area contributed by atoms with Gasteiger partial charge in [-0.1, -0.05) is 53.9 Å². The molecule has 2 amide bonds. The minimum absolute atomic E-state index is 0.0676. The van der Waals surface area contributed by atoms with E-state index in [4.69, 9.17) is 39.5 Å². The molecule has 3 rings (SSSR count). The number of ether oxygens (including phenoxy) is 1. The second-order valence-corrected chi connectivity index (χ2v) is 13.5. The Morgan fingerprint density at radius 1 is 1.02 bits per heavy atom. The smallest absolute Gasteiger partial charge is 0.273 e. The normalized spacial score (nSPS) is 12.0. The van der Waals surface area contributed by atoms with Gasteiger partial charge in [0.05, 0.1) is 32.7 Å². The Bertz CT molecular complexity index is 1700. The van der Waals surface area contributed by atoms with Crippen molar-refractivity contribution in [3.05, 3.63) is 90.9 Å². The monoisotopic (exact) mass is 698 g/mol. The Balaban J connectivity index is 2.20. The van der Waals surface area contributed by atoms with Gasteiger partial charge in [0.2, 0.25) is 11.8 Å². The molecule has 1 N–H and O–H groups in total. The molecule has 11 nitrogen and oxygen atoms in total. The first-order valence-corrected chi connectivity index (χ1v) is 16.3.